The molecule has 3 heteroatoms. The topological polar surface area (TPSA) is 36.4 Å². The van der Waals surface area contributed by atoms with E-state index in [0.717, 1.165) is 25.5 Å². The molecule has 0 amide bonds. The largest absolute Gasteiger partial charge is 0.361 e. The lowest BCUT2D eigenvalue weighted by molar-refractivity contribution is 0.513. The first-order valence-electron chi connectivity index (χ1n) is 3.64. The summed E-state index contributed by atoms with van der Waals surface area (Å²) in [6.45, 7) is 1.93. The Morgan fingerprint density at radius 3 is 3.50 bits per heavy atom. The highest BCUT2D eigenvalue weighted by atomic mass is 15.1. The van der Waals surface area contributed by atoms with Crippen molar-refractivity contribution in [1.82, 2.24) is 10.6 Å². The van der Waals surface area contributed by atoms with Gasteiger partial charge in [-0.15, -0.1) is 0 Å². The molecule has 1 unspecified atom stereocenters. The van der Waals surface area contributed by atoms with Gasteiger partial charge in [-0.3, -0.25) is 5.32 Å². The molecule has 0 aliphatic carbocycles. The average Bonchev–Trinajstić information content (AvgIpc) is 2.05. The first-order chi connectivity index (χ1) is 4.97. The van der Waals surface area contributed by atoms with Crippen LogP contribution in [0.1, 0.15) is 6.42 Å². The number of rotatable bonds is 0. The molecule has 54 valence electrons. The first-order valence-corrected chi connectivity index (χ1v) is 3.64. The molecule has 10 heavy (non-hydrogen) atoms. The van der Waals surface area contributed by atoms with Crippen LogP contribution in [0.5, 0.6) is 0 Å². The highest BCUT2D eigenvalue weighted by molar-refractivity contribution is 5.86. The van der Waals surface area contributed by atoms with E-state index in [1.54, 1.807) is 0 Å². The number of amidine groups is 1. The zero-order valence-corrected chi connectivity index (χ0v) is 5.80. The molecule has 2 rings (SSSR count). The lowest BCUT2D eigenvalue weighted by Crippen LogP contribution is -2.48. The first kappa shape index (κ1) is 5.92. The summed E-state index contributed by atoms with van der Waals surface area (Å²) in [5.74, 6) is 1.75. The fourth-order valence-corrected chi connectivity index (χ4v) is 1.34. The molecule has 0 spiro atoms. The van der Waals surface area contributed by atoms with Gasteiger partial charge in [-0.1, -0.05) is 6.08 Å². The minimum atomic E-state index is 0.596. The van der Waals surface area contributed by atoms with Crippen LogP contribution in [0.3, 0.4) is 0 Å². The Morgan fingerprint density at radius 2 is 2.60 bits per heavy atom. The molecule has 3 nitrogen and oxygen atoms in total. The second-order valence-corrected chi connectivity index (χ2v) is 2.64. The summed E-state index contributed by atoms with van der Waals surface area (Å²) in [5.41, 5.74) is 0. The maximum atomic E-state index is 4.24. The Balaban J connectivity index is 2.14. The van der Waals surface area contributed by atoms with Crippen LogP contribution >= 0.6 is 0 Å². The van der Waals surface area contributed by atoms with Crippen LogP contribution in [-0.4, -0.2) is 19.0 Å². The summed E-state index contributed by atoms with van der Waals surface area (Å²) >= 11 is 0. The van der Waals surface area contributed by atoms with Gasteiger partial charge in [0.15, 0.2) is 0 Å². The molecule has 2 aliphatic rings. The van der Waals surface area contributed by atoms with E-state index in [1.807, 2.05) is 6.20 Å². The molecule has 0 aromatic rings. The third kappa shape index (κ3) is 0.926. The minimum Gasteiger partial charge on any atom is -0.361 e. The summed E-state index contributed by atoms with van der Waals surface area (Å²) in [6.07, 6.45) is 5.12. The van der Waals surface area contributed by atoms with Gasteiger partial charge in [0, 0.05) is 18.7 Å². The number of hydrogen-bond acceptors (Lipinski definition) is 3. The minimum absolute atomic E-state index is 0.596. The van der Waals surface area contributed by atoms with E-state index in [-0.39, 0.29) is 0 Å². The second-order valence-electron chi connectivity index (χ2n) is 2.64. The Labute approximate surface area is 60.2 Å². The maximum absolute atomic E-state index is 4.24. The van der Waals surface area contributed by atoms with Gasteiger partial charge in [0.05, 0.1) is 6.67 Å². The quantitative estimate of drug-likeness (QED) is 0.495. The monoisotopic (exact) mass is 137 g/mol. The molecule has 0 bridgehead atoms. The van der Waals surface area contributed by atoms with Crippen molar-refractivity contribution in [1.29, 1.82) is 0 Å². The Kier molecular flexibility index (Phi) is 1.43. The standard InChI is InChI=1S/C7H11N3/c1-2-6-4-8-5-10-7(6)9-3-1/h1,3,6,8H,2,4-5H2,(H,9,10). The Hall–Kier alpha value is -0.830. The van der Waals surface area contributed by atoms with Crippen LogP contribution in [0.25, 0.3) is 0 Å². The molecule has 0 radical (unpaired) electrons. The summed E-state index contributed by atoms with van der Waals surface area (Å²) in [6, 6.07) is 0. The SMILES string of the molecule is C1=CN=C2NCNCC2C1. The zero-order chi connectivity index (χ0) is 6.81. The van der Waals surface area contributed by atoms with Crippen molar-refractivity contribution in [2.45, 2.75) is 6.42 Å². The lowest BCUT2D eigenvalue weighted by Gasteiger charge is -2.26. The number of nitrogens with one attached hydrogen (secondary N) is 2. The Morgan fingerprint density at radius 1 is 1.60 bits per heavy atom. The van der Waals surface area contributed by atoms with E-state index in [4.69, 9.17) is 0 Å². The molecular formula is C7H11N3. The molecule has 1 fully saturated rings. The van der Waals surface area contributed by atoms with Crippen molar-refractivity contribution in [2.75, 3.05) is 13.2 Å². The summed E-state index contributed by atoms with van der Waals surface area (Å²) in [4.78, 5) is 4.24. The molecule has 0 aromatic heterocycles. The normalized spacial score (nSPS) is 30.4. The molecule has 2 N–H and O–H groups in total. The number of hydrogen-bond donors (Lipinski definition) is 2. The molecule has 1 saturated heterocycles. The van der Waals surface area contributed by atoms with Crippen LogP contribution in [0.15, 0.2) is 17.3 Å². The van der Waals surface area contributed by atoms with E-state index in [2.05, 4.69) is 21.7 Å². The second kappa shape index (κ2) is 2.42. The molecule has 2 aliphatic heterocycles. The van der Waals surface area contributed by atoms with Gasteiger partial charge in [-0.25, -0.2) is 4.99 Å². The number of fused-ring (bicyclic) bond motifs is 1. The smallest absolute Gasteiger partial charge is 0.107 e. The highest BCUT2D eigenvalue weighted by Gasteiger charge is 2.19. The van der Waals surface area contributed by atoms with Crippen molar-refractivity contribution in [3.8, 4) is 0 Å². The van der Waals surface area contributed by atoms with Crippen LogP contribution in [0.2, 0.25) is 0 Å². The molecular weight excluding hydrogens is 126 g/mol. The molecule has 0 aromatic carbocycles. The number of allylic oxidation sites excluding steroid dienone is 1. The fourth-order valence-electron chi connectivity index (χ4n) is 1.34. The third-order valence-corrected chi connectivity index (χ3v) is 1.91. The molecule has 0 saturated carbocycles. The average molecular weight is 137 g/mol. The predicted molar refractivity (Wildman–Crippen MR) is 40.7 cm³/mol. The molecule has 1 atom stereocenters. The van der Waals surface area contributed by atoms with Crippen LogP contribution in [0, 0.1) is 5.92 Å². The van der Waals surface area contributed by atoms with Gasteiger partial charge >= 0.3 is 0 Å². The van der Waals surface area contributed by atoms with E-state index in [9.17, 15) is 0 Å². The van der Waals surface area contributed by atoms with Crippen LogP contribution in [0.4, 0.5) is 0 Å². The predicted octanol–water partition coefficient (Wildman–Crippen LogP) is 0.0688. The van der Waals surface area contributed by atoms with Crippen molar-refractivity contribution in [2.24, 2.45) is 10.9 Å². The number of aliphatic imine (C=N–C) groups is 1. The summed E-state index contributed by atoms with van der Waals surface area (Å²) in [7, 11) is 0. The van der Waals surface area contributed by atoms with Crippen LogP contribution in [-0.2, 0) is 0 Å². The fraction of sp³-hybridized carbons (Fsp3) is 0.571. The van der Waals surface area contributed by atoms with Crippen molar-refractivity contribution in [3.05, 3.63) is 12.3 Å². The van der Waals surface area contributed by atoms with Gasteiger partial charge in [0.1, 0.15) is 5.84 Å². The van der Waals surface area contributed by atoms with E-state index in [1.165, 1.54) is 0 Å². The third-order valence-electron chi connectivity index (χ3n) is 1.91. The van der Waals surface area contributed by atoms with Gasteiger partial charge in [0.2, 0.25) is 0 Å². The van der Waals surface area contributed by atoms with Gasteiger partial charge < -0.3 is 5.32 Å². The highest BCUT2D eigenvalue weighted by Crippen LogP contribution is 2.11. The van der Waals surface area contributed by atoms with Crippen molar-refractivity contribution >= 4 is 5.84 Å². The van der Waals surface area contributed by atoms with Crippen molar-refractivity contribution in [3.63, 3.8) is 0 Å². The summed E-state index contributed by atoms with van der Waals surface area (Å²) in [5, 5.41) is 6.47. The van der Waals surface area contributed by atoms with Gasteiger partial charge in [-0.05, 0) is 6.42 Å². The van der Waals surface area contributed by atoms with Gasteiger partial charge in [-0.2, -0.15) is 0 Å². The molecule has 2 heterocycles. The van der Waals surface area contributed by atoms with Gasteiger partial charge in [0.25, 0.3) is 0 Å². The number of nitrogens with zero attached hydrogens (tertiary/aromatic N) is 1. The van der Waals surface area contributed by atoms with Crippen molar-refractivity contribution < 1.29 is 0 Å². The lowest BCUT2D eigenvalue weighted by atomic mass is 10.0. The van der Waals surface area contributed by atoms with E-state index in [0.29, 0.717) is 5.92 Å². The Bertz CT molecular complexity index is 183. The maximum Gasteiger partial charge on any atom is 0.107 e. The summed E-state index contributed by atoms with van der Waals surface area (Å²) < 4.78 is 0. The van der Waals surface area contributed by atoms with E-state index >= 15 is 0 Å². The van der Waals surface area contributed by atoms with E-state index < -0.39 is 0 Å². The zero-order valence-electron chi connectivity index (χ0n) is 5.80. The van der Waals surface area contributed by atoms with Crippen LogP contribution < -0.4 is 10.6 Å².